The molecule has 0 spiro atoms. The maximum Gasteiger partial charge on any atom is 0.261 e. The third kappa shape index (κ3) is 3.01. The average Bonchev–Trinajstić information content (AvgIpc) is 3.20. The highest BCUT2D eigenvalue weighted by Crippen LogP contribution is 2.28. The Balaban J connectivity index is 1.65. The van der Waals surface area contributed by atoms with Gasteiger partial charge in [-0.05, 0) is 55.7 Å². The van der Waals surface area contributed by atoms with Crippen molar-refractivity contribution in [2.24, 2.45) is 0 Å². The first kappa shape index (κ1) is 16.8. The van der Waals surface area contributed by atoms with Gasteiger partial charge in [0.15, 0.2) is 0 Å². The maximum atomic E-state index is 12.7. The minimum Gasteiger partial charge on any atom is -0.328 e. The molecule has 0 atom stereocenters. The Morgan fingerprint density at radius 1 is 1.08 bits per heavy atom. The van der Waals surface area contributed by atoms with Gasteiger partial charge < -0.3 is 4.57 Å². The Morgan fingerprint density at radius 3 is 2.73 bits per heavy atom. The molecule has 0 fully saturated rings. The molecule has 0 amide bonds. The first-order valence-corrected chi connectivity index (χ1v) is 10.2. The molecular weight excluding hydrogens is 346 g/mol. The van der Waals surface area contributed by atoms with Crippen LogP contribution in [0.25, 0.3) is 11.3 Å². The molecule has 0 radical (unpaired) electrons. The molecule has 2 aromatic carbocycles. The van der Waals surface area contributed by atoms with E-state index in [2.05, 4.69) is 14.3 Å². The van der Waals surface area contributed by atoms with Crippen LogP contribution in [0.4, 0.5) is 5.69 Å². The van der Waals surface area contributed by atoms with Crippen LogP contribution in [0.3, 0.4) is 0 Å². The Morgan fingerprint density at radius 2 is 1.92 bits per heavy atom. The molecule has 0 bridgehead atoms. The van der Waals surface area contributed by atoms with E-state index in [1.54, 1.807) is 18.2 Å². The van der Waals surface area contributed by atoms with Gasteiger partial charge in [0, 0.05) is 24.2 Å². The van der Waals surface area contributed by atoms with Gasteiger partial charge in [-0.25, -0.2) is 13.4 Å². The van der Waals surface area contributed by atoms with Crippen LogP contribution in [-0.4, -0.2) is 18.0 Å². The van der Waals surface area contributed by atoms with E-state index in [-0.39, 0.29) is 4.90 Å². The minimum atomic E-state index is -3.62. The lowest BCUT2D eigenvalue weighted by Gasteiger charge is -2.11. The van der Waals surface area contributed by atoms with Crippen molar-refractivity contribution in [3.63, 3.8) is 0 Å². The number of nitrogens with one attached hydrogen (secondary N) is 1. The van der Waals surface area contributed by atoms with Crippen LogP contribution in [0.2, 0.25) is 0 Å². The smallest absolute Gasteiger partial charge is 0.261 e. The fraction of sp³-hybridized carbons (Fsp3) is 0.250. The van der Waals surface area contributed by atoms with Crippen LogP contribution in [0.5, 0.6) is 0 Å². The number of aromatic nitrogens is 2. The first-order valence-electron chi connectivity index (χ1n) is 8.69. The summed E-state index contributed by atoms with van der Waals surface area (Å²) in [5, 5.41) is 0. The van der Waals surface area contributed by atoms with Crippen molar-refractivity contribution in [3.05, 3.63) is 65.6 Å². The van der Waals surface area contributed by atoms with Crippen LogP contribution in [0.15, 0.2) is 53.6 Å². The van der Waals surface area contributed by atoms with Gasteiger partial charge in [0.25, 0.3) is 10.0 Å². The van der Waals surface area contributed by atoms with Gasteiger partial charge in [0.1, 0.15) is 5.82 Å². The van der Waals surface area contributed by atoms with Crippen LogP contribution < -0.4 is 4.72 Å². The fourth-order valence-corrected chi connectivity index (χ4v) is 4.46. The lowest BCUT2D eigenvalue weighted by atomic mass is 10.1. The highest BCUT2D eigenvalue weighted by Gasteiger charge is 2.18. The van der Waals surface area contributed by atoms with Crippen molar-refractivity contribution >= 4 is 15.7 Å². The Hall–Kier alpha value is -2.60. The van der Waals surface area contributed by atoms with Crippen molar-refractivity contribution in [1.29, 1.82) is 0 Å². The Kier molecular flexibility index (Phi) is 4.07. The molecule has 1 aromatic heterocycles. The summed E-state index contributed by atoms with van der Waals surface area (Å²) in [7, 11) is -3.62. The number of imidazole rings is 1. The fourth-order valence-electron chi connectivity index (χ4n) is 3.33. The molecular formula is C20H21N3O2S. The number of hydrogen-bond acceptors (Lipinski definition) is 3. The van der Waals surface area contributed by atoms with Crippen LogP contribution in [0.1, 0.15) is 23.4 Å². The van der Waals surface area contributed by atoms with E-state index in [0.717, 1.165) is 47.6 Å². The molecule has 1 aliphatic rings. The molecule has 2 heterocycles. The summed E-state index contributed by atoms with van der Waals surface area (Å²) in [5.74, 6) is 1.10. The molecule has 3 aromatic rings. The van der Waals surface area contributed by atoms with Gasteiger partial charge in [0.05, 0.1) is 16.8 Å². The SMILES string of the molecule is Cc1ccc(S(=O)(=O)Nc2cccc(-c3cnc4n3CCC4)c2)cc1C. The van der Waals surface area contributed by atoms with Gasteiger partial charge in [0.2, 0.25) is 0 Å². The van der Waals surface area contributed by atoms with E-state index in [1.807, 2.05) is 44.3 Å². The molecule has 5 nitrogen and oxygen atoms in total. The highest BCUT2D eigenvalue weighted by atomic mass is 32.2. The first-order chi connectivity index (χ1) is 12.4. The summed E-state index contributed by atoms with van der Waals surface area (Å²) in [4.78, 5) is 4.74. The Labute approximate surface area is 153 Å². The van der Waals surface area contributed by atoms with E-state index in [0.29, 0.717) is 5.69 Å². The lowest BCUT2D eigenvalue weighted by molar-refractivity contribution is 0.601. The van der Waals surface area contributed by atoms with E-state index < -0.39 is 10.0 Å². The third-order valence-electron chi connectivity index (χ3n) is 4.92. The third-order valence-corrected chi connectivity index (χ3v) is 6.30. The van der Waals surface area contributed by atoms with Gasteiger partial charge in [-0.1, -0.05) is 18.2 Å². The van der Waals surface area contributed by atoms with E-state index in [4.69, 9.17) is 0 Å². The number of rotatable bonds is 4. The number of hydrogen-bond donors (Lipinski definition) is 1. The summed E-state index contributed by atoms with van der Waals surface area (Å²) >= 11 is 0. The number of nitrogens with zero attached hydrogens (tertiary/aromatic N) is 2. The molecule has 4 rings (SSSR count). The number of aryl methyl sites for hydroxylation is 3. The minimum absolute atomic E-state index is 0.274. The molecule has 26 heavy (non-hydrogen) atoms. The zero-order valence-corrected chi connectivity index (χ0v) is 15.7. The summed E-state index contributed by atoms with van der Waals surface area (Å²) in [6.07, 6.45) is 3.97. The van der Waals surface area contributed by atoms with Crippen molar-refractivity contribution in [3.8, 4) is 11.3 Å². The Bertz CT molecular complexity index is 1080. The number of fused-ring (bicyclic) bond motifs is 1. The predicted molar refractivity (Wildman–Crippen MR) is 103 cm³/mol. The highest BCUT2D eigenvalue weighted by molar-refractivity contribution is 7.92. The number of benzene rings is 2. The van der Waals surface area contributed by atoms with E-state index in [9.17, 15) is 8.42 Å². The van der Waals surface area contributed by atoms with Crippen LogP contribution in [0, 0.1) is 13.8 Å². The summed E-state index contributed by atoms with van der Waals surface area (Å²) in [5.41, 5.74) is 4.57. The van der Waals surface area contributed by atoms with E-state index >= 15 is 0 Å². The number of sulfonamides is 1. The zero-order valence-electron chi connectivity index (χ0n) is 14.9. The molecule has 0 unspecified atom stereocenters. The normalized spacial score (nSPS) is 13.6. The molecule has 0 saturated carbocycles. The molecule has 134 valence electrons. The van der Waals surface area contributed by atoms with Crippen molar-refractivity contribution < 1.29 is 8.42 Å². The van der Waals surface area contributed by atoms with Gasteiger partial charge in [-0.15, -0.1) is 0 Å². The van der Waals surface area contributed by atoms with Crippen molar-refractivity contribution in [2.45, 2.75) is 38.1 Å². The van der Waals surface area contributed by atoms with Crippen molar-refractivity contribution in [1.82, 2.24) is 9.55 Å². The van der Waals surface area contributed by atoms with Crippen LogP contribution in [-0.2, 0) is 23.0 Å². The predicted octanol–water partition coefficient (Wildman–Crippen LogP) is 3.91. The molecule has 0 aliphatic carbocycles. The van der Waals surface area contributed by atoms with Crippen molar-refractivity contribution in [2.75, 3.05) is 4.72 Å². The van der Waals surface area contributed by atoms with Crippen LogP contribution >= 0.6 is 0 Å². The number of anilines is 1. The summed E-state index contributed by atoms with van der Waals surface area (Å²) in [6, 6.07) is 12.6. The maximum absolute atomic E-state index is 12.7. The topological polar surface area (TPSA) is 64.0 Å². The second kappa shape index (κ2) is 6.29. The zero-order chi connectivity index (χ0) is 18.3. The lowest BCUT2D eigenvalue weighted by Crippen LogP contribution is -2.13. The monoisotopic (exact) mass is 367 g/mol. The molecule has 6 heteroatoms. The molecule has 1 aliphatic heterocycles. The molecule has 1 N–H and O–H groups in total. The quantitative estimate of drug-likeness (QED) is 0.760. The molecule has 0 saturated heterocycles. The standard InChI is InChI=1S/C20H21N3O2S/c1-14-8-9-18(11-15(14)2)26(24,25)22-17-6-3-5-16(12-17)19-13-21-20-7-4-10-23(19)20/h3,5-6,8-9,11-13,22H,4,7,10H2,1-2H3. The van der Waals surface area contributed by atoms with Gasteiger partial charge >= 0.3 is 0 Å². The van der Waals surface area contributed by atoms with Gasteiger partial charge in [-0.2, -0.15) is 0 Å². The summed E-state index contributed by atoms with van der Waals surface area (Å²) in [6.45, 7) is 4.84. The van der Waals surface area contributed by atoms with E-state index in [1.165, 1.54) is 0 Å². The second-order valence-corrected chi connectivity index (χ2v) is 8.43. The summed E-state index contributed by atoms with van der Waals surface area (Å²) < 4.78 is 30.3. The second-order valence-electron chi connectivity index (χ2n) is 6.75. The largest absolute Gasteiger partial charge is 0.328 e. The van der Waals surface area contributed by atoms with Gasteiger partial charge in [-0.3, -0.25) is 4.72 Å². The average molecular weight is 367 g/mol.